The normalized spacial score (nSPS) is 27.0. The second kappa shape index (κ2) is 7.44. The molecule has 0 amide bonds. The molecule has 3 nitrogen and oxygen atoms in total. The molecule has 0 bridgehead atoms. The van der Waals surface area contributed by atoms with Crippen LogP contribution in [-0.4, -0.2) is 43.3 Å². The standard InChI is InChI=1S/C11H24N2O.ClH/c1-9(2)14-5-4-13-8-11(7-12)6-10(13)3;/h9-11H,4-8,12H2,1-3H3;1H. The van der Waals surface area contributed by atoms with Gasteiger partial charge in [-0.3, -0.25) is 4.90 Å². The van der Waals surface area contributed by atoms with E-state index in [1.807, 2.05) is 0 Å². The first-order chi connectivity index (χ1) is 6.63. The van der Waals surface area contributed by atoms with Crippen molar-refractivity contribution in [1.29, 1.82) is 0 Å². The molecule has 0 aromatic heterocycles. The molecule has 1 aliphatic rings. The quantitative estimate of drug-likeness (QED) is 0.787. The van der Waals surface area contributed by atoms with E-state index in [2.05, 4.69) is 25.7 Å². The predicted octanol–water partition coefficient (Wildman–Crippen LogP) is 1.50. The van der Waals surface area contributed by atoms with Crippen LogP contribution < -0.4 is 5.73 Å². The summed E-state index contributed by atoms with van der Waals surface area (Å²) >= 11 is 0. The lowest BCUT2D eigenvalue weighted by molar-refractivity contribution is 0.0573. The lowest BCUT2D eigenvalue weighted by atomic mass is 10.1. The van der Waals surface area contributed by atoms with Crippen molar-refractivity contribution >= 4 is 12.4 Å². The average molecular weight is 237 g/mol. The number of nitrogens with two attached hydrogens (primary N) is 1. The summed E-state index contributed by atoms with van der Waals surface area (Å²) in [7, 11) is 0. The van der Waals surface area contributed by atoms with Gasteiger partial charge in [-0.2, -0.15) is 0 Å². The lowest BCUT2D eigenvalue weighted by Crippen LogP contribution is -2.31. The molecule has 0 aromatic carbocycles. The van der Waals surface area contributed by atoms with Crippen LogP contribution in [0.25, 0.3) is 0 Å². The van der Waals surface area contributed by atoms with E-state index in [-0.39, 0.29) is 12.4 Å². The first-order valence-electron chi connectivity index (χ1n) is 5.69. The molecule has 0 spiro atoms. The Morgan fingerprint density at radius 1 is 1.47 bits per heavy atom. The molecule has 92 valence electrons. The van der Waals surface area contributed by atoms with Crippen molar-refractivity contribution < 1.29 is 4.74 Å². The van der Waals surface area contributed by atoms with E-state index in [0.717, 1.165) is 26.2 Å². The molecule has 2 atom stereocenters. The highest BCUT2D eigenvalue weighted by Crippen LogP contribution is 2.21. The van der Waals surface area contributed by atoms with Gasteiger partial charge in [0.2, 0.25) is 0 Å². The summed E-state index contributed by atoms with van der Waals surface area (Å²) in [4.78, 5) is 2.49. The van der Waals surface area contributed by atoms with Crippen LogP contribution in [-0.2, 0) is 4.74 Å². The zero-order valence-corrected chi connectivity index (χ0v) is 10.9. The zero-order chi connectivity index (χ0) is 10.6. The van der Waals surface area contributed by atoms with E-state index in [1.54, 1.807) is 0 Å². The summed E-state index contributed by atoms with van der Waals surface area (Å²) in [5.41, 5.74) is 5.68. The van der Waals surface area contributed by atoms with Gasteiger partial charge >= 0.3 is 0 Å². The van der Waals surface area contributed by atoms with E-state index in [9.17, 15) is 0 Å². The minimum atomic E-state index is 0. The van der Waals surface area contributed by atoms with Crippen LogP contribution in [0.15, 0.2) is 0 Å². The molecule has 0 aliphatic carbocycles. The first kappa shape index (κ1) is 15.2. The van der Waals surface area contributed by atoms with Crippen LogP contribution in [0.1, 0.15) is 27.2 Å². The van der Waals surface area contributed by atoms with Gasteiger partial charge in [0.05, 0.1) is 12.7 Å². The third kappa shape index (κ3) is 5.16. The van der Waals surface area contributed by atoms with E-state index in [0.29, 0.717) is 18.1 Å². The number of likely N-dealkylation sites (tertiary alicyclic amines) is 1. The van der Waals surface area contributed by atoms with Crippen LogP contribution in [0.2, 0.25) is 0 Å². The summed E-state index contributed by atoms with van der Waals surface area (Å²) in [6, 6.07) is 0.680. The molecular formula is C11H25ClN2O. The second-order valence-corrected chi connectivity index (χ2v) is 4.60. The number of nitrogens with zero attached hydrogens (tertiary/aromatic N) is 1. The predicted molar refractivity (Wildman–Crippen MR) is 66.5 cm³/mol. The Morgan fingerprint density at radius 3 is 2.60 bits per heavy atom. The van der Waals surface area contributed by atoms with Gasteiger partial charge in [-0.15, -0.1) is 12.4 Å². The van der Waals surface area contributed by atoms with E-state index < -0.39 is 0 Å². The molecule has 1 heterocycles. The highest BCUT2D eigenvalue weighted by molar-refractivity contribution is 5.85. The second-order valence-electron chi connectivity index (χ2n) is 4.60. The first-order valence-corrected chi connectivity index (χ1v) is 5.69. The van der Waals surface area contributed by atoms with Gasteiger partial charge in [0.1, 0.15) is 0 Å². The summed E-state index contributed by atoms with van der Waals surface area (Å²) < 4.78 is 5.55. The van der Waals surface area contributed by atoms with Gasteiger partial charge in [0, 0.05) is 19.1 Å². The largest absolute Gasteiger partial charge is 0.377 e. The molecule has 1 aliphatic heterocycles. The fraction of sp³-hybridized carbons (Fsp3) is 1.00. The number of ether oxygens (including phenoxy) is 1. The number of halogens is 1. The Hall–Kier alpha value is 0.170. The molecule has 0 radical (unpaired) electrons. The van der Waals surface area contributed by atoms with Crippen molar-refractivity contribution in [3.05, 3.63) is 0 Å². The SMILES string of the molecule is CC(C)OCCN1CC(CN)CC1C.Cl. The maximum Gasteiger partial charge on any atom is 0.0597 e. The molecule has 2 unspecified atom stereocenters. The van der Waals surface area contributed by atoms with Crippen molar-refractivity contribution in [2.75, 3.05) is 26.2 Å². The average Bonchev–Trinajstić information content (AvgIpc) is 2.47. The van der Waals surface area contributed by atoms with Crippen molar-refractivity contribution in [3.8, 4) is 0 Å². The zero-order valence-electron chi connectivity index (χ0n) is 10.1. The fourth-order valence-corrected chi connectivity index (χ4v) is 2.11. The third-order valence-electron chi connectivity index (χ3n) is 2.95. The molecule has 15 heavy (non-hydrogen) atoms. The maximum absolute atomic E-state index is 5.68. The van der Waals surface area contributed by atoms with Crippen LogP contribution in [0, 0.1) is 5.92 Å². The minimum absolute atomic E-state index is 0. The van der Waals surface area contributed by atoms with Gasteiger partial charge in [-0.05, 0) is 39.7 Å². The molecule has 1 rings (SSSR count). The van der Waals surface area contributed by atoms with Crippen molar-refractivity contribution in [2.45, 2.75) is 39.3 Å². The summed E-state index contributed by atoms with van der Waals surface area (Å²) in [6.07, 6.45) is 1.59. The highest BCUT2D eigenvalue weighted by Gasteiger charge is 2.27. The number of hydrogen-bond donors (Lipinski definition) is 1. The summed E-state index contributed by atoms with van der Waals surface area (Å²) in [5, 5.41) is 0. The van der Waals surface area contributed by atoms with E-state index >= 15 is 0 Å². The molecule has 0 saturated carbocycles. The van der Waals surface area contributed by atoms with E-state index in [4.69, 9.17) is 10.5 Å². The Bertz CT molecular complexity index is 167. The lowest BCUT2D eigenvalue weighted by Gasteiger charge is -2.21. The van der Waals surface area contributed by atoms with Gasteiger partial charge in [-0.1, -0.05) is 0 Å². The Morgan fingerprint density at radius 2 is 2.13 bits per heavy atom. The Labute approximate surface area is 99.7 Å². The fourth-order valence-electron chi connectivity index (χ4n) is 2.11. The van der Waals surface area contributed by atoms with E-state index in [1.165, 1.54) is 6.42 Å². The molecule has 0 aromatic rings. The molecule has 2 N–H and O–H groups in total. The van der Waals surface area contributed by atoms with Crippen LogP contribution in [0.3, 0.4) is 0 Å². The highest BCUT2D eigenvalue weighted by atomic mass is 35.5. The summed E-state index contributed by atoms with van der Waals surface area (Å²) in [5.74, 6) is 0.698. The Balaban J connectivity index is 0.00000196. The smallest absolute Gasteiger partial charge is 0.0597 e. The van der Waals surface area contributed by atoms with Gasteiger partial charge < -0.3 is 10.5 Å². The molecule has 4 heteroatoms. The van der Waals surface area contributed by atoms with Crippen LogP contribution in [0.5, 0.6) is 0 Å². The molecule has 1 saturated heterocycles. The summed E-state index contributed by atoms with van der Waals surface area (Å²) in [6.45, 7) is 10.3. The molecular weight excluding hydrogens is 212 g/mol. The van der Waals surface area contributed by atoms with Crippen LogP contribution >= 0.6 is 12.4 Å². The maximum atomic E-state index is 5.68. The van der Waals surface area contributed by atoms with Gasteiger partial charge in [0.25, 0.3) is 0 Å². The van der Waals surface area contributed by atoms with Crippen molar-refractivity contribution in [3.63, 3.8) is 0 Å². The topological polar surface area (TPSA) is 38.5 Å². The van der Waals surface area contributed by atoms with Crippen molar-refractivity contribution in [2.24, 2.45) is 11.7 Å². The third-order valence-corrected chi connectivity index (χ3v) is 2.95. The monoisotopic (exact) mass is 236 g/mol. The molecule has 1 fully saturated rings. The van der Waals surface area contributed by atoms with Crippen LogP contribution in [0.4, 0.5) is 0 Å². The van der Waals surface area contributed by atoms with Crippen molar-refractivity contribution in [1.82, 2.24) is 4.90 Å². The number of hydrogen-bond acceptors (Lipinski definition) is 3. The minimum Gasteiger partial charge on any atom is -0.377 e. The Kier molecular flexibility index (Phi) is 7.53. The number of rotatable bonds is 5. The van der Waals surface area contributed by atoms with Gasteiger partial charge in [0.15, 0.2) is 0 Å². The van der Waals surface area contributed by atoms with Gasteiger partial charge in [-0.25, -0.2) is 0 Å².